The van der Waals surface area contributed by atoms with Crippen LogP contribution >= 0.6 is 11.6 Å². The van der Waals surface area contributed by atoms with Gasteiger partial charge in [0.25, 0.3) is 0 Å². The minimum absolute atomic E-state index is 0.579. The van der Waals surface area contributed by atoms with E-state index in [9.17, 15) is 5.11 Å². The van der Waals surface area contributed by atoms with Crippen LogP contribution in [0.15, 0.2) is 48.5 Å². The van der Waals surface area contributed by atoms with Crippen LogP contribution in [0.25, 0.3) is 0 Å². The van der Waals surface area contributed by atoms with Gasteiger partial charge in [-0.3, -0.25) is 0 Å². The van der Waals surface area contributed by atoms with Crippen molar-refractivity contribution >= 4 is 11.6 Å². The van der Waals surface area contributed by atoms with E-state index in [4.69, 9.17) is 16.3 Å². The summed E-state index contributed by atoms with van der Waals surface area (Å²) in [7, 11) is 4.03. The lowest BCUT2D eigenvalue weighted by atomic mass is 9.84. The van der Waals surface area contributed by atoms with Crippen LogP contribution in [0.5, 0.6) is 5.75 Å². The van der Waals surface area contributed by atoms with Gasteiger partial charge in [-0.15, -0.1) is 0 Å². The first-order valence-electron chi connectivity index (χ1n) is 7.82. The molecule has 0 aliphatic heterocycles. The summed E-state index contributed by atoms with van der Waals surface area (Å²) in [6, 6.07) is 15.0. The van der Waals surface area contributed by atoms with Gasteiger partial charge in [0.2, 0.25) is 0 Å². The Morgan fingerprint density at radius 3 is 2.00 bits per heavy atom. The van der Waals surface area contributed by atoms with Crippen molar-refractivity contribution in [3.05, 3.63) is 64.7 Å². The van der Waals surface area contributed by atoms with Gasteiger partial charge in [-0.1, -0.05) is 42.8 Å². The van der Waals surface area contributed by atoms with Gasteiger partial charge in [0.1, 0.15) is 18.0 Å². The van der Waals surface area contributed by atoms with E-state index in [-0.39, 0.29) is 0 Å². The number of rotatable bonds is 7. The number of hydrogen-bond donors (Lipinski definition) is 1. The molecule has 0 aliphatic carbocycles. The summed E-state index contributed by atoms with van der Waals surface area (Å²) in [4.78, 5) is 2.07. The van der Waals surface area contributed by atoms with Crippen LogP contribution in [-0.2, 0) is 5.60 Å². The van der Waals surface area contributed by atoms with Crippen molar-refractivity contribution < 1.29 is 9.84 Å². The minimum atomic E-state index is -1.02. The highest BCUT2D eigenvalue weighted by atomic mass is 35.5. The number of halogens is 1. The molecule has 4 heteroatoms. The third kappa shape index (κ3) is 4.47. The molecule has 0 amide bonds. The van der Waals surface area contributed by atoms with E-state index in [0.717, 1.165) is 23.4 Å². The maximum Gasteiger partial charge on any atom is 0.119 e. The molecule has 0 aromatic heterocycles. The summed E-state index contributed by atoms with van der Waals surface area (Å²) >= 11 is 5.94. The lowest BCUT2D eigenvalue weighted by Crippen LogP contribution is -2.26. The molecular formula is C19H24ClNO2. The SMILES string of the molecule is CCC(O)(c1ccc(Cl)cc1)c1ccc(OCCN(C)C)cc1. The second kappa shape index (κ2) is 7.82. The number of benzene rings is 2. The Morgan fingerprint density at radius 2 is 1.52 bits per heavy atom. The highest BCUT2D eigenvalue weighted by Crippen LogP contribution is 2.34. The second-order valence-electron chi connectivity index (χ2n) is 5.90. The summed E-state index contributed by atoms with van der Waals surface area (Å²) < 4.78 is 5.70. The van der Waals surface area contributed by atoms with E-state index < -0.39 is 5.60 Å². The lowest BCUT2D eigenvalue weighted by Gasteiger charge is -2.28. The van der Waals surface area contributed by atoms with Crippen molar-refractivity contribution in [1.29, 1.82) is 0 Å². The predicted octanol–water partition coefficient (Wildman–Crippen LogP) is 3.93. The number of hydrogen-bond acceptors (Lipinski definition) is 3. The average molecular weight is 334 g/mol. The molecule has 1 N–H and O–H groups in total. The third-order valence-electron chi connectivity index (χ3n) is 3.97. The van der Waals surface area contributed by atoms with Crippen LogP contribution in [0.3, 0.4) is 0 Å². The zero-order valence-electron chi connectivity index (χ0n) is 13.9. The Kier molecular flexibility index (Phi) is 6.05. The van der Waals surface area contributed by atoms with Crippen LogP contribution in [0.1, 0.15) is 24.5 Å². The van der Waals surface area contributed by atoms with E-state index in [1.54, 1.807) is 12.1 Å². The summed E-state index contributed by atoms with van der Waals surface area (Å²) in [5.41, 5.74) is 0.667. The first kappa shape index (κ1) is 17.8. The smallest absolute Gasteiger partial charge is 0.119 e. The molecule has 0 bridgehead atoms. The van der Waals surface area contributed by atoms with E-state index in [1.807, 2.05) is 57.4 Å². The minimum Gasteiger partial charge on any atom is -0.492 e. The fourth-order valence-electron chi connectivity index (χ4n) is 2.47. The van der Waals surface area contributed by atoms with Crippen molar-refractivity contribution in [2.45, 2.75) is 18.9 Å². The van der Waals surface area contributed by atoms with Crippen molar-refractivity contribution in [1.82, 2.24) is 4.90 Å². The topological polar surface area (TPSA) is 32.7 Å². The van der Waals surface area contributed by atoms with Crippen LogP contribution in [0.2, 0.25) is 5.02 Å². The molecular weight excluding hydrogens is 310 g/mol. The maximum atomic E-state index is 11.1. The molecule has 0 fully saturated rings. The zero-order valence-corrected chi connectivity index (χ0v) is 14.7. The molecule has 0 heterocycles. The lowest BCUT2D eigenvalue weighted by molar-refractivity contribution is 0.0765. The molecule has 0 aliphatic rings. The van der Waals surface area contributed by atoms with Gasteiger partial charge in [-0.2, -0.15) is 0 Å². The monoisotopic (exact) mass is 333 g/mol. The average Bonchev–Trinajstić information content (AvgIpc) is 2.55. The molecule has 2 aromatic rings. The molecule has 0 saturated heterocycles. The fraction of sp³-hybridized carbons (Fsp3) is 0.368. The highest BCUT2D eigenvalue weighted by Gasteiger charge is 2.29. The molecule has 1 unspecified atom stereocenters. The molecule has 124 valence electrons. The molecule has 2 rings (SSSR count). The second-order valence-corrected chi connectivity index (χ2v) is 6.33. The first-order valence-corrected chi connectivity index (χ1v) is 8.20. The van der Waals surface area contributed by atoms with Gasteiger partial charge in [-0.25, -0.2) is 0 Å². The molecule has 0 spiro atoms. The van der Waals surface area contributed by atoms with Crippen LogP contribution in [-0.4, -0.2) is 37.3 Å². The number of nitrogens with zero attached hydrogens (tertiary/aromatic N) is 1. The summed E-state index contributed by atoms with van der Waals surface area (Å²) in [5.74, 6) is 0.810. The highest BCUT2D eigenvalue weighted by molar-refractivity contribution is 6.30. The van der Waals surface area contributed by atoms with Gasteiger partial charge in [0.15, 0.2) is 0 Å². The fourth-order valence-corrected chi connectivity index (χ4v) is 2.60. The van der Waals surface area contributed by atoms with E-state index >= 15 is 0 Å². The van der Waals surface area contributed by atoms with Gasteiger partial charge in [-0.05, 0) is 55.9 Å². The van der Waals surface area contributed by atoms with E-state index in [0.29, 0.717) is 18.1 Å². The Bertz CT molecular complexity index is 610. The molecule has 1 atom stereocenters. The van der Waals surface area contributed by atoms with Gasteiger partial charge in [0.05, 0.1) is 0 Å². The predicted molar refractivity (Wildman–Crippen MR) is 95.2 cm³/mol. The van der Waals surface area contributed by atoms with Crippen molar-refractivity contribution in [3.8, 4) is 5.75 Å². The summed E-state index contributed by atoms with van der Waals surface area (Å²) in [6.45, 7) is 3.48. The number of likely N-dealkylation sites (N-methyl/N-ethyl adjacent to an activating group) is 1. The molecule has 0 saturated carbocycles. The molecule has 2 aromatic carbocycles. The van der Waals surface area contributed by atoms with Crippen LogP contribution in [0, 0.1) is 0 Å². The zero-order chi connectivity index (χ0) is 16.9. The van der Waals surface area contributed by atoms with Crippen molar-refractivity contribution in [2.24, 2.45) is 0 Å². The largest absolute Gasteiger partial charge is 0.492 e. The van der Waals surface area contributed by atoms with Crippen molar-refractivity contribution in [3.63, 3.8) is 0 Å². The Morgan fingerprint density at radius 1 is 1.00 bits per heavy atom. The number of ether oxygens (including phenoxy) is 1. The first-order chi connectivity index (χ1) is 11.0. The summed E-state index contributed by atoms with van der Waals surface area (Å²) in [6.07, 6.45) is 0.579. The summed E-state index contributed by atoms with van der Waals surface area (Å²) in [5, 5.41) is 11.8. The Hall–Kier alpha value is -1.55. The molecule has 3 nitrogen and oxygen atoms in total. The van der Waals surface area contributed by atoms with E-state index in [1.165, 1.54) is 0 Å². The standard InChI is InChI=1S/C19H24ClNO2/c1-4-19(22,15-5-9-17(20)10-6-15)16-7-11-18(12-8-16)23-14-13-21(2)3/h5-12,22H,4,13-14H2,1-3H3. The van der Waals surface area contributed by atoms with Gasteiger partial charge < -0.3 is 14.7 Å². The Labute approximate surface area is 143 Å². The van der Waals surface area contributed by atoms with Gasteiger partial charge >= 0.3 is 0 Å². The number of aliphatic hydroxyl groups is 1. The van der Waals surface area contributed by atoms with Crippen LogP contribution < -0.4 is 4.74 Å². The van der Waals surface area contributed by atoms with Gasteiger partial charge in [0, 0.05) is 11.6 Å². The van der Waals surface area contributed by atoms with E-state index in [2.05, 4.69) is 4.90 Å². The normalized spacial score (nSPS) is 13.8. The maximum absolute atomic E-state index is 11.1. The quantitative estimate of drug-likeness (QED) is 0.833. The van der Waals surface area contributed by atoms with Crippen LogP contribution in [0.4, 0.5) is 0 Å². The van der Waals surface area contributed by atoms with Crippen molar-refractivity contribution in [2.75, 3.05) is 27.2 Å². The Balaban J connectivity index is 2.16. The third-order valence-corrected chi connectivity index (χ3v) is 4.22. The molecule has 0 radical (unpaired) electrons. The molecule has 23 heavy (non-hydrogen) atoms.